The molecule has 0 spiro atoms. The quantitative estimate of drug-likeness (QED) is 0.931. The molecule has 2 unspecified atom stereocenters. The monoisotopic (exact) mass is 286 g/mol. The summed E-state index contributed by atoms with van der Waals surface area (Å²) in [5.41, 5.74) is 1.40. The molecule has 1 N–H and O–H groups in total. The van der Waals surface area contributed by atoms with Gasteiger partial charge in [0.05, 0.1) is 18.3 Å². The van der Waals surface area contributed by atoms with E-state index in [9.17, 15) is 9.50 Å². The fraction of sp³-hybridized carbons (Fsp3) is 0.333. The SMILES string of the molecule is CC(O)(CC1OCCc2ccccc21)c1ccccc1F. The number of benzene rings is 2. The first kappa shape index (κ1) is 14.2. The molecule has 2 atom stereocenters. The summed E-state index contributed by atoms with van der Waals surface area (Å²) in [5.74, 6) is -0.383. The number of rotatable bonds is 3. The minimum absolute atomic E-state index is 0.204. The predicted octanol–water partition coefficient (Wildman–Crippen LogP) is 3.74. The molecule has 0 aromatic heterocycles. The maximum atomic E-state index is 13.9. The highest BCUT2D eigenvalue weighted by molar-refractivity contribution is 5.32. The van der Waals surface area contributed by atoms with Gasteiger partial charge in [0.1, 0.15) is 5.82 Å². The molecule has 0 saturated carbocycles. The largest absolute Gasteiger partial charge is 0.385 e. The third-order valence-electron chi connectivity index (χ3n) is 4.13. The Morgan fingerprint density at radius 2 is 1.90 bits per heavy atom. The van der Waals surface area contributed by atoms with E-state index in [1.165, 1.54) is 11.6 Å². The van der Waals surface area contributed by atoms with Crippen molar-refractivity contribution < 1.29 is 14.2 Å². The third kappa shape index (κ3) is 2.85. The van der Waals surface area contributed by atoms with Crippen LogP contribution in [-0.4, -0.2) is 11.7 Å². The third-order valence-corrected chi connectivity index (χ3v) is 4.13. The lowest BCUT2D eigenvalue weighted by molar-refractivity contribution is -0.0413. The molecule has 21 heavy (non-hydrogen) atoms. The molecule has 1 aliphatic heterocycles. The Kier molecular flexibility index (Phi) is 3.79. The summed E-state index contributed by atoms with van der Waals surface area (Å²) in [7, 11) is 0. The Hall–Kier alpha value is -1.71. The van der Waals surface area contributed by atoms with E-state index in [1.807, 2.05) is 18.2 Å². The molecule has 3 rings (SSSR count). The second kappa shape index (κ2) is 5.58. The van der Waals surface area contributed by atoms with Crippen LogP contribution < -0.4 is 0 Å². The summed E-state index contributed by atoms with van der Waals surface area (Å²) >= 11 is 0. The van der Waals surface area contributed by atoms with Crippen molar-refractivity contribution in [3.05, 3.63) is 71.0 Å². The van der Waals surface area contributed by atoms with Gasteiger partial charge in [-0.25, -0.2) is 4.39 Å². The molecule has 3 heteroatoms. The van der Waals surface area contributed by atoms with Crippen molar-refractivity contribution in [1.82, 2.24) is 0 Å². The van der Waals surface area contributed by atoms with Gasteiger partial charge in [-0.3, -0.25) is 0 Å². The van der Waals surface area contributed by atoms with E-state index in [0.29, 0.717) is 18.6 Å². The van der Waals surface area contributed by atoms with Crippen molar-refractivity contribution >= 4 is 0 Å². The van der Waals surface area contributed by atoms with Crippen molar-refractivity contribution in [2.24, 2.45) is 0 Å². The Balaban J connectivity index is 1.89. The zero-order valence-electron chi connectivity index (χ0n) is 12.1. The average molecular weight is 286 g/mol. The smallest absolute Gasteiger partial charge is 0.129 e. The molecule has 110 valence electrons. The lowest BCUT2D eigenvalue weighted by atomic mass is 9.85. The first-order valence-electron chi connectivity index (χ1n) is 7.25. The van der Waals surface area contributed by atoms with Gasteiger partial charge >= 0.3 is 0 Å². The van der Waals surface area contributed by atoms with E-state index in [2.05, 4.69) is 6.07 Å². The van der Waals surface area contributed by atoms with Crippen LogP contribution in [0.4, 0.5) is 4.39 Å². The van der Waals surface area contributed by atoms with Gasteiger partial charge in [-0.1, -0.05) is 42.5 Å². The van der Waals surface area contributed by atoms with E-state index in [1.54, 1.807) is 25.1 Å². The molecular formula is C18H19FO2. The Morgan fingerprint density at radius 1 is 1.19 bits per heavy atom. The number of halogens is 1. The van der Waals surface area contributed by atoms with Crippen molar-refractivity contribution in [1.29, 1.82) is 0 Å². The molecule has 1 heterocycles. The molecule has 2 nitrogen and oxygen atoms in total. The average Bonchev–Trinajstić information content (AvgIpc) is 2.47. The van der Waals surface area contributed by atoms with Crippen LogP contribution in [0.15, 0.2) is 48.5 Å². The van der Waals surface area contributed by atoms with Crippen molar-refractivity contribution in [2.45, 2.75) is 31.5 Å². The summed E-state index contributed by atoms with van der Waals surface area (Å²) in [6.07, 6.45) is 1.02. The molecule has 1 aliphatic rings. The predicted molar refractivity (Wildman–Crippen MR) is 79.4 cm³/mol. The van der Waals surface area contributed by atoms with Gasteiger partial charge in [-0.05, 0) is 30.5 Å². The normalized spacial score (nSPS) is 20.6. The van der Waals surface area contributed by atoms with Gasteiger partial charge in [0, 0.05) is 12.0 Å². The first-order chi connectivity index (χ1) is 10.1. The van der Waals surface area contributed by atoms with Crippen LogP contribution in [0.5, 0.6) is 0 Å². The minimum Gasteiger partial charge on any atom is -0.385 e. The van der Waals surface area contributed by atoms with E-state index < -0.39 is 5.60 Å². The van der Waals surface area contributed by atoms with Crippen LogP contribution in [0, 0.1) is 5.82 Å². The number of aliphatic hydroxyl groups is 1. The van der Waals surface area contributed by atoms with Crippen molar-refractivity contribution in [3.63, 3.8) is 0 Å². The molecule has 2 aromatic carbocycles. The minimum atomic E-state index is -1.26. The summed E-state index contributed by atoms with van der Waals surface area (Å²) in [6.45, 7) is 2.28. The zero-order valence-corrected chi connectivity index (χ0v) is 12.1. The lowest BCUT2D eigenvalue weighted by Crippen LogP contribution is -2.29. The van der Waals surface area contributed by atoms with Crippen molar-refractivity contribution in [3.8, 4) is 0 Å². The Morgan fingerprint density at radius 3 is 2.71 bits per heavy atom. The van der Waals surface area contributed by atoms with Crippen molar-refractivity contribution in [2.75, 3.05) is 6.61 Å². The van der Waals surface area contributed by atoms with E-state index in [4.69, 9.17) is 4.74 Å². The van der Waals surface area contributed by atoms with Crippen LogP contribution in [0.2, 0.25) is 0 Å². The van der Waals surface area contributed by atoms with Crippen LogP contribution in [0.25, 0.3) is 0 Å². The fourth-order valence-corrected chi connectivity index (χ4v) is 3.01. The zero-order chi connectivity index (χ0) is 14.9. The number of fused-ring (bicyclic) bond motifs is 1. The van der Waals surface area contributed by atoms with Crippen LogP contribution in [-0.2, 0) is 16.8 Å². The van der Waals surface area contributed by atoms with Crippen LogP contribution in [0.1, 0.15) is 36.1 Å². The molecule has 0 aliphatic carbocycles. The van der Waals surface area contributed by atoms with Gasteiger partial charge < -0.3 is 9.84 Å². The molecule has 0 saturated heterocycles. The first-order valence-corrected chi connectivity index (χ1v) is 7.25. The fourth-order valence-electron chi connectivity index (χ4n) is 3.01. The molecule has 0 bridgehead atoms. The maximum Gasteiger partial charge on any atom is 0.129 e. The highest BCUT2D eigenvalue weighted by atomic mass is 19.1. The maximum absolute atomic E-state index is 13.9. The lowest BCUT2D eigenvalue weighted by Gasteiger charge is -2.33. The summed E-state index contributed by atoms with van der Waals surface area (Å²) < 4.78 is 19.8. The summed E-state index contributed by atoms with van der Waals surface area (Å²) in [4.78, 5) is 0. The van der Waals surface area contributed by atoms with Crippen LogP contribution in [0.3, 0.4) is 0 Å². The molecule has 0 radical (unpaired) electrons. The highest BCUT2D eigenvalue weighted by Crippen LogP contribution is 2.38. The Bertz CT molecular complexity index is 637. The molecule has 0 amide bonds. The number of ether oxygens (including phenoxy) is 1. The molecule has 2 aromatic rings. The molecular weight excluding hydrogens is 267 g/mol. The Labute approximate surface area is 124 Å². The summed E-state index contributed by atoms with van der Waals surface area (Å²) in [5, 5.41) is 10.7. The van der Waals surface area contributed by atoms with Gasteiger partial charge in [0.2, 0.25) is 0 Å². The van der Waals surface area contributed by atoms with E-state index in [-0.39, 0.29) is 11.9 Å². The second-order valence-electron chi connectivity index (χ2n) is 5.77. The van der Waals surface area contributed by atoms with E-state index in [0.717, 1.165) is 12.0 Å². The highest BCUT2D eigenvalue weighted by Gasteiger charge is 2.33. The summed E-state index contributed by atoms with van der Waals surface area (Å²) in [6, 6.07) is 14.5. The standard InChI is InChI=1S/C18H19FO2/c1-18(20,15-8-4-5-9-16(15)19)12-17-14-7-3-2-6-13(14)10-11-21-17/h2-9,17,20H,10-12H2,1H3. The van der Waals surface area contributed by atoms with Gasteiger partial charge in [-0.15, -0.1) is 0 Å². The number of hydrogen-bond donors (Lipinski definition) is 1. The topological polar surface area (TPSA) is 29.5 Å². The van der Waals surface area contributed by atoms with Crippen LogP contribution >= 0.6 is 0 Å². The van der Waals surface area contributed by atoms with E-state index >= 15 is 0 Å². The van der Waals surface area contributed by atoms with Gasteiger partial charge in [0.25, 0.3) is 0 Å². The second-order valence-corrected chi connectivity index (χ2v) is 5.77. The van der Waals surface area contributed by atoms with Gasteiger partial charge in [-0.2, -0.15) is 0 Å². The number of hydrogen-bond acceptors (Lipinski definition) is 2. The van der Waals surface area contributed by atoms with Gasteiger partial charge in [0.15, 0.2) is 0 Å². The molecule has 0 fully saturated rings.